The van der Waals surface area contributed by atoms with Crippen LogP contribution < -0.4 is 10.1 Å². The summed E-state index contributed by atoms with van der Waals surface area (Å²) in [6, 6.07) is 7.45. The van der Waals surface area contributed by atoms with E-state index in [9.17, 15) is 0 Å². The Bertz CT molecular complexity index is 474. The number of fused-ring (bicyclic) bond motifs is 1. The van der Waals surface area contributed by atoms with E-state index in [1.165, 1.54) is 31.5 Å². The van der Waals surface area contributed by atoms with Crippen LogP contribution in [0.15, 0.2) is 22.7 Å². The topological polar surface area (TPSA) is 24.5 Å². The molecule has 2 unspecified atom stereocenters. The molecule has 116 valence electrons. The molecule has 0 amide bonds. The Balaban J connectivity index is 1.65. The molecule has 1 N–H and O–H groups in total. The van der Waals surface area contributed by atoms with E-state index in [4.69, 9.17) is 4.74 Å². The van der Waals surface area contributed by atoms with Crippen molar-refractivity contribution in [2.45, 2.75) is 44.7 Å². The zero-order valence-electron chi connectivity index (χ0n) is 12.8. The average molecular weight is 353 g/mol. The molecule has 0 aromatic heterocycles. The van der Waals surface area contributed by atoms with Crippen LogP contribution in [0.1, 0.15) is 44.2 Å². The Kier molecular flexibility index (Phi) is 5.19. The lowest BCUT2D eigenvalue weighted by atomic mass is 10.0. The third-order valence-corrected chi connectivity index (χ3v) is 5.16. The minimum absolute atomic E-state index is 0.417. The highest BCUT2D eigenvalue weighted by atomic mass is 79.9. The monoisotopic (exact) mass is 352 g/mol. The summed E-state index contributed by atoms with van der Waals surface area (Å²) in [7, 11) is 0. The first kappa shape index (κ1) is 15.3. The summed E-state index contributed by atoms with van der Waals surface area (Å²) >= 11 is 3.54. The zero-order chi connectivity index (χ0) is 14.7. The third kappa shape index (κ3) is 3.79. The van der Waals surface area contributed by atoms with E-state index < -0.39 is 0 Å². The van der Waals surface area contributed by atoms with Gasteiger partial charge in [-0.3, -0.25) is 4.90 Å². The number of nitrogens with zero attached hydrogens (tertiary/aromatic N) is 1. The highest BCUT2D eigenvalue weighted by molar-refractivity contribution is 9.10. The molecule has 1 fully saturated rings. The molecule has 21 heavy (non-hydrogen) atoms. The summed E-state index contributed by atoms with van der Waals surface area (Å²) in [4.78, 5) is 2.60. The molecule has 3 nitrogen and oxygen atoms in total. The highest BCUT2D eigenvalue weighted by Crippen LogP contribution is 2.33. The van der Waals surface area contributed by atoms with Crippen molar-refractivity contribution in [2.75, 3.05) is 26.2 Å². The number of rotatable bonds is 4. The van der Waals surface area contributed by atoms with E-state index in [-0.39, 0.29) is 0 Å². The molecule has 1 saturated heterocycles. The van der Waals surface area contributed by atoms with Crippen molar-refractivity contribution in [3.05, 3.63) is 28.2 Å². The Morgan fingerprint density at radius 3 is 2.95 bits per heavy atom. The molecule has 2 heterocycles. The summed E-state index contributed by atoms with van der Waals surface area (Å²) in [6.07, 6.45) is 4.99. The maximum absolute atomic E-state index is 5.89. The van der Waals surface area contributed by atoms with Crippen molar-refractivity contribution in [1.29, 1.82) is 0 Å². The Labute approximate surface area is 136 Å². The summed E-state index contributed by atoms with van der Waals surface area (Å²) in [5.74, 6) is 1.04. The second kappa shape index (κ2) is 7.12. The maximum atomic E-state index is 5.89. The van der Waals surface area contributed by atoms with Gasteiger partial charge < -0.3 is 10.1 Å². The number of nitrogens with one attached hydrogen (secondary N) is 1. The van der Waals surface area contributed by atoms with E-state index >= 15 is 0 Å². The van der Waals surface area contributed by atoms with Crippen LogP contribution in [-0.4, -0.2) is 37.2 Å². The van der Waals surface area contributed by atoms with E-state index in [1.54, 1.807) is 0 Å². The number of halogens is 1. The van der Waals surface area contributed by atoms with Crippen LogP contribution in [0, 0.1) is 0 Å². The quantitative estimate of drug-likeness (QED) is 0.893. The van der Waals surface area contributed by atoms with Crippen LogP contribution in [-0.2, 0) is 0 Å². The number of likely N-dealkylation sites (tertiary alicyclic amines) is 1. The standard InChI is InChI=1S/C17H25BrN2O/c1-13(20-8-2-3-9-20)12-19-16-5-4-10-21-17-11-14(18)6-7-15(16)17/h6-7,11,13,16,19H,2-5,8-10,12H2,1H3. The number of hydrogen-bond donors (Lipinski definition) is 1. The van der Waals surface area contributed by atoms with Gasteiger partial charge in [0.25, 0.3) is 0 Å². The lowest BCUT2D eigenvalue weighted by Gasteiger charge is -2.27. The normalized spacial score (nSPS) is 24.2. The molecule has 1 aromatic carbocycles. The minimum atomic E-state index is 0.417. The van der Waals surface area contributed by atoms with Crippen LogP contribution in [0.3, 0.4) is 0 Å². The smallest absolute Gasteiger partial charge is 0.125 e. The summed E-state index contributed by atoms with van der Waals surface area (Å²) in [5, 5.41) is 3.78. The predicted octanol–water partition coefficient (Wildman–Crippen LogP) is 3.74. The molecule has 0 radical (unpaired) electrons. The van der Waals surface area contributed by atoms with Gasteiger partial charge in [-0.05, 0) is 57.8 Å². The van der Waals surface area contributed by atoms with Gasteiger partial charge in [0.2, 0.25) is 0 Å². The van der Waals surface area contributed by atoms with Gasteiger partial charge in [-0.15, -0.1) is 0 Å². The molecule has 0 bridgehead atoms. The Morgan fingerprint density at radius 1 is 1.33 bits per heavy atom. The molecule has 3 rings (SSSR count). The van der Waals surface area contributed by atoms with Crippen molar-refractivity contribution >= 4 is 15.9 Å². The maximum Gasteiger partial charge on any atom is 0.125 e. The van der Waals surface area contributed by atoms with Crippen molar-refractivity contribution < 1.29 is 4.74 Å². The molecule has 1 aromatic rings. The van der Waals surface area contributed by atoms with Gasteiger partial charge in [0.15, 0.2) is 0 Å². The van der Waals surface area contributed by atoms with Gasteiger partial charge in [-0.2, -0.15) is 0 Å². The van der Waals surface area contributed by atoms with Crippen LogP contribution in [0.4, 0.5) is 0 Å². The lowest BCUT2D eigenvalue weighted by Crippen LogP contribution is -2.39. The number of benzene rings is 1. The van der Waals surface area contributed by atoms with Crippen molar-refractivity contribution in [2.24, 2.45) is 0 Å². The second-order valence-corrected chi connectivity index (χ2v) is 7.14. The Morgan fingerprint density at radius 2 is 2.14 bits per heavy atom. The molecule has 2 aliphatic heterocycles. The molecule has 0 aliphatic carbocycles. The molecule has 4 heteroatoms. The van der Waals surface area contributed by atoms with Gasteiger partial charge in [0.1, 0.15) is 5.75 Å². The van der Waals surface area contributed by atoms with Gasteiger partial charge >= 0.3 is 0 Å². The fraction of sp³-hybridized carbons (Fsp3) is 0.647. The van der Waals surface area contributed by atoms with Crippen molar-refractivity contribution in [3.63, 3.8) is 0 Å². The van der Waals surface area contributed by atoms with E-state index in [1.807, 2.05) is 0 Å². The van der Waals surface area contributed by atoms with Gasteiger partial charge in [0.05, 0.1) is 6.61 Å². The minimum Gasteiger partial charge on any atom is -0.493 e. The van der Waals surface area contributed by atoms with Crippen LogP contribution >= 0.6 is 15.9 Å². The van der Waals surface area contributed by atoms with Gasteiger partial charge in [-0.1, -0.05) is 22.0 Å². The molecule has 2 atom stereocenters. The molecule has 0 saturated carbocycles. The van der Waals surface area contributed by atoms with Crippen LogP contribution in [0.25, 0.3) is 0 Å². The van der Waals surface area contributed by atoms with E-state index in [0.29, 0.717) is 12.1 Å². The summed E-state index contributed by atoms with van der Waals surface area (Å²) in [5.41, 5.74) is 1.31. The fourth-order valence-electron chi connectivity index (χ4n) is 3.38. The first-order chi connectivity index (χ1) is 10.2. The summed E-state index contributed by atoms with van der Waals surface area (Å²) in [6.45, 7) is 6.75. The SMILES string of the molecule is CC(CNC1CCCOc2cc(Br)ccc21)N1CCCC1. The summed E-state index contributed by atoms with van der Waals surface area (Å²) < 4.78 is 6.98. The average Bonchev–Trinajstić information content (AvgIpc) is 2.94. The van der Waals surface area contributed by atoms with E-state index in [0.717, 1.165) is 36.2 Å². The fourth-order valence-corrected chi connectivity index (χ4v) is 3.72. The largest absolute Gasteiger partial charge is 0.493 e. The first-order valence-electron chi connectivity index (χ1n) is 8.14. The lowest BCUT2D eigenvalue weighted by molar-refractivity contribution is 0.244. The second-order valence-electron chi connectivity index (χ2n) is 6.23. The molecule has 0 spiro atoms. The number of hydrogen-bond acceptors (Lipinski definition) is 3. The van der Waals surface area contributed by atoms with Gasteiger partial charge in [-0.25, -0.2) is 0 Å². The Hall–Kier alpha value is -0.580. The highest BCUT2D eigenvalue weighted by Gasteiger charge is 2.22. The van der Waals surface area contributed by atoms with Crippen LogP contribution in [0.2, 0.25) is 0 Å². The zero-order valence-corrected chi connectivity index (χ0v) is 14.4. The predicted molar refractivity (Wildman–Crippen MR) is 89.9 cm³/mol. The van der Waals surface area contributed by atoms with Gasteiger partial charge in [0, 0.05) is 28.7 Å². The molecule has 2 aliphatic rings. The van der Waals surface area contributed by atoms with Crippen molar-refractivity contribution in [1.82, 2.24) is 10.2 Å². The molecular formula is C17H25BrN2O. The van der Waals surface area contributed by atoms with Crippen molar-refractivity contribution in [3.8, 4) is 5.75 Å². The van der Waals surface area contributed by atoms with Crippen LogP contribution in [0.5, 0.6) is 5.75 Å². The number of ether oxygens (including phenoxy) is 1. The third-order valence-electron chi connectivity index (χ3n) is 4.67. The molecular weight excluding hydrogens is 328 g/mol. The van der Waals surface area contributed by atoms with E-state index in [2.05, 4.69) is 51.3 Å². The first-order valence-corrected chi connectivity index (χ1v) is 8.93.